The summed E-state index contributed by atoms with van der Waals surface area (Å²) in [7, 11) is 0. The maximum Gasteiger partial charge on any atom is 0.225 e. The zero-order valence-corrected chi connectivity index (χ0v) is 11.3. The van der Waals surface area contributed by atoms with E-state index in [1.165, 1.54) is 0 Å². The second-order valence-electron chi connectivity index (χ2n) is 4.79. The van der Waals surface area contributed by atoms with Crippen LogP contribution in [0.4, 0.5) is 5.95 Å². The lowest BCUT2D eigenvalue weighted by molar-refractivity contribution is 0.487. The number of anilines is 1. The van der Waals surface area contributed by atoms with Gasteiger partial charge in [0.25, 0.3) is 0 Å². The fourth-order valence-corrected chi connectivity index (χ4v) is 2.51. The summed E-state index contributed by atoms with van der Waals surface area (Å²) in [4.78, 5) is 10.5. The van der Waals surface area contributed by atoms with Crippen LogP contribution in [0.3, 0.4) is 0 Å². The lowest BCUT2D eigenvalue weighted by Crippen LogP contribution is -2.46. The first-order valence-corrected chi connectivity index (χ1v) is 6.71. The zero-order chi connectivity index (χ0) is 13.5. The molecule has 100 valence electrons. The SMILES string of the molecule is Clc1cnc(N2CC(c3nnc4ccccn34)C2)nc1. The van der Waals surface area contributed by atoms with Crippen molar-refractivity contribution < 1.29 is 0 Å². The third kappa shape index (κ3) is 1.80. The average Bonchev–Trinajstić information content (AvgIpc) is 2.84. The first-order chi connectivity index (χ1) is 9.81. The Kier molecular flexibility index (Phi) is 2.56. The van der Waals surface area contributed by atoms with Gasteiger partial charge in [0, 0.05) is 19.3 Å². The van der Waals surface area contributed by atoms with Gasteiger partial charge in [0.15, 0.2) is 5.65 Å². The molecule has 0 bridgehead atoms. The molecule has 1 saturated heterocycles. The van der Waals surface area contributed by atoms with Gasteiger partial charge in [-0.25, -0.2) is 9.97 Å². The van der Waals surface area contributed by atoms with Gasteiger partial charge in [-0.2, -0.15) is 0 Å². The van der Waals surface area contributed by atoms with Crippen molar-refractivity contribution in [3.8, 4) is 0 Å². The Balaban J connectivity index is 1.55. The largest absolute Gasteiger partial charge is 0.339 e. The normalized spacial score (nSPS) is 15.6. The minimum Gasteiger partial charge on any atom is -0.339 e. The Morgan fingerprint density at radius 1 is 1.10 bits per heavy atom. The van der Waals surface area contributed by atoms with Gasteiger partial charge < -0.3 is 4.90 Å². The molecule has 4 heterocycles. The highest BCUT2D eigenvalue weighted by molar-refractivity contribution is 6.30. The third-order valence-corrected chi connectivity index (χ3v) is 3.67. The van der Waals surface area contributed by atoms with Crippen LogP contribution >= 0.6 is 11.6 Å². The summed E-state index contributed by atoms with van der Waals surface area (Å²) < 4.78 is 2.03. The Hall–Kier alpha value is -2.21. The molecule has 20 heavy (non-hydrogen) atoms. The van der Waals surface area contributed by atoms with Gasteiger partial charge >= 0.3 is 0 Å². The van der Waals surface area contributed by atoms with Crippen molar-refractivity contribution >= 4 is 23.2 Å². The quantitative estimate of drug-likeness (QED) is 0.719. The molecule has 0 amide bonds. The Bertz CT molecular complexity index is 747. The van der Waals surface area contributed by atoms with E-state index in [-0.39, 0.29) is 0 Å². The van der Waals surface area contributed by atoms with Gasteiger partial charge in [-0.15, -0.1) is 10.2 Å². The maximum absolute atomic E-state index is 5.79. The fourth-order valence-electron chi connectivity index (χ4n) is 2.41. The molecular formula is C13H11ClN6. The summed E-state index contributed by atoms with van der Waals surface area (Å²) in [6, 6.07) is 5.90. The highest BCUT2D eigenvalue weighted by Crippen LogP contribution is 2.28. The monoisotopic (exact) mass is 286 g/mol. The summed E-state index contributed by atoms with van der Waals surface area (Å²) in [5, 5.41) is 9.01. The molecule has 1 aliphatic rings. The van der Waals surface area contributed by atoms with Crippen LogP contribution in [0.1, 0.15) is 11.7 Å². The number of rotatable bonds is 2. The van der Waals surface area contributed by atoms with Crippen LogP contribution in [0, 0.1) is 0 Å². The number of halogens is 1. The van der Waals surface area contributed by atoms with Crippen LogP contribution in [0.25, 0.3) is 5.65 Å². The fraction of sp³-hybridized carbons (Fsp3) is 0.231. The third-order valence-electron chi connectivity index (χ3n) is 3.48. The van der Waals surface area contributed by atoms with E-state index in [0.29, 0.717) is 16.9 Å². The van der Waals surface area contributed by atoms with Crippen LogP contribution in [-0.2, 0) is 0 Å². The summed E-state index contributed by atoms with van der Waals surface area (Å²) in [5.41, 5.74) is 0.878. The van der Waals surface area contributed by atoms with Crippen molar-refractivity contribution in [2.75, 3.05) is 18.0 Å². The standard InChI is InChI=1S/C13H11ClN6/c14-10-5-15-13(16-6-10)19-7-9(8-19)12-18-17-11-3-1-2-4-20(11)12/h1-6,9H,7-8H2. The Morgan fingerprint density at radius 3 is 2.70 bits per heavy atom. The zero-order valence-electron chi connectivity index (χ0n) is 10.5. The van der Waals surface area contributed by atoms with E-state index in [1.54, 1.807) is 12.4 Å². The van der Waals surface area contributed by atoms with Crippen molar-refractivity contribution in [2.24, 2.45) is 0 Å². The van der Waals surface area contributed by atoms with E-state index >= 15 is 0 Å². The first-order valence-electron chi connectivity index (χ1n) is 6.33. The smallest absolute Gasteiger partial charge is 0.225 e. The summed E-state index contributed by atoms with van der Waals surface area (Å²) in [6.07, 6.45) is 5.22. The Morgan fingerprint density at radius 2 is 1.90 bits per heavy atom. The van der Waals surface area contributed by atoms with Crippen molar-refractivity contribution in [1.82, 2.24) is 24.6 Å². The van der Waals surface area contributed by atoms with Crippen molar-refractivity contribution in [3.05, 3.63) is 47.6 Å². The van der Waals surface area contributed by atoms with Gasteiger partial charge in [0.2, 0.25) is 5.95 Å². The molecule has 3 aromatic rings. The molecule has 0 spiro atoms. The van der Waals surface area contributed by atoms with Crippen molar-refractivity contribution in [1.29, 1.82) is 0 Å². The highest BCUT2D eigenvalue weighted by Gasteiger charge is 2.33. The number of fused-ring (bicyclic) bond motifs is 1. The number of hydrogen-bond acceptors (Lipinski definition) is 5. The molecule has 0 N–H and O–H groups in total. The van der Waals surface area contributed by atoms with Crippen molar-refractivity contribution in [3.63, 3.8) is 0 Å². The van der Waals surface area contributed by atoms with Gasteiger partial charge in [-0.1, -0.05) is 17.7 Å². The molecule has 0 saturated carbocycles. The van der Waals surface area contributed by atoms with E-state index < -0.39 is 0 Å². The van der Waals surface area contributed by atoms with Gasteiger partial charge in [0.1, 0.15) is 5.82 Å². The van der Waals surface area contributed by atoms with Gasteiger partial charge in [-0.3, -0.25) is 4.40 Å². The highest BCUT2D eigenvalue weighted by atomic mass is 35.5. The number of hydrogen-bond donors (Lipinski definition) is 0. The summed E-state index contributed by atoms with van der Waals surface area (Å²) >= 11 is 5.79. The lowest BCUT2D eigenvalue weighted by Gasteiger charge is -2.38. The number of pyridine rings is 1. The van der Waals surface area contributed by atoms with E-state index in [0.717, 1.165) is 24.6 Å². The molecule has 1 fully saturated rings. The lowest BCUT2D eigenvalue weighted by atomic mass is 10.00. The van der Waals surface area contributed by atoms with Crippen LogP contribution in [0.5, 0.6) is 0 Å². The first kappa shape index (κ1) is 11.6. The topological polar surface area (TPSA) is 59.2 Å². The average molecular weight is 287 g/mol. The van der Waals surface area contributed by atoms with Gasteiger partial charge in [-0.05, 0) is 12.1 Å². The maximum atomic E-state index is 5.79. The molecular weight excluding hydrogens is 276 g/mol. The minimum atomic E-state index is 0.353. The van der Waals surface area contributed by atoms with Crippen LogP contribution < -0.4 is 4.90 Å². The molecule has 0 aromatic carbocycles. The predicted octanol–water partition coefficient (Wildman–Crippen LogP) is 1.78. The molecule has 3 aromatic heterocycles. The molecule has 4 rings (SSSR count). The summed E-state index contributed by atoms with van der Waals surface area (Å²) in [5.74, 6) is 2.05. The van der Waals surface area contributed by atoms with E-state index in [9.17, 15) is 0 Å². The van der Waals surface area contributed by atoms with E-state index in [2.05, 4.69) is 25.1 Å². The molecule has 0 radical (unpaired) electrons. The molecule has 0 unspecified atom stereocenters. The van der Waals surface area contributed by atoms with E-state index in [1.807, 2.05) is 28.8 Å². The summed E-state index contributed by atoms with van der Waals surface area (Å²) in [6.45, 7) is 1.69. The van der Waals surface area contributed by atoms with E-state index in [4.69, 9.17) is 11.6 Å². The van der Waals surface area contributed by atoms with Crippen LogP contribution in [0.2, 0.25) is 5.02 Å². The number of nitrogens with zero attached hydrogens (tertiary/aromatic N) is 6. The Labute approximate surface area is 120 Å². The molecule has 7 heteroatoms. The number of aromatic nitrogens is 5. The molecule has 0 aliphatic carbocycles. The van der Waals surface area contributed by atoms with Crippen molar-refractivity contribution in [2.45, 2.75) is 5.92 Å². The van der Waals surface area contributed by atoms with Gasteiger partial charge in [0.05, 0.1) is 23.3 Å². The second kappa shape index (κ2) is 4.42. The molecule has 0 atom stereocenters. The molecule has 1 aliphatic heterocycles. The predicted molar refractivity (Wildman–Crippen MR) is 75.0 cm³/mol. The minimum absolute atomic E-state index is 0.353. The van der Waals surface area contributed by atoms with Crippen LogP contribution in [0.15, 0.2) is 36.8 Å². The second-order valence-corrected chi connectivity index (χ2v) is 5.23. The molecule has 6 nitrogen and oxygen atoms in total. The van der Waals surface area contributed by atoms with Crippen LogP contribution in [-0.4, -0.2) is 37.7 Å².